The van der Waals surface area contributed by atoms with Gasteiger partial charge in [-0.15, -0.1) is 33.3 Å². The van der Waals surface area contributed by atoms with Crippen molar-refractivity contribution in [1.82, 2.24) is 25.4 Å². The smallest absolute Gasteiger partial charge is 0.313 e. The Morgan fingerprint density at radius 1 is 1.44 bits per heavy atom. The third kappa shape index (κ3) is 4.86. The number of carboxylic acid groups (broad SMARTS) is 1. The zero-order valence-electron chi connectivity index (χ0n) is 17.4. The zero-order chi connectivity index (χ0) is 24.5. The molecule has 3 atom stereocenters. The molecule has 0 radical (unpaired) electrons. The maximum atomic E-state index is 12.8. The first-order chi connectivity index (χ1) is 16.3. The van der Waals surface area contributed by atoms with Crippen molar-refractivity contribution in [2.24, 2.45) is 5.41 Å². The molecule has 34 heavy (non-hydrogen) atoms. The number of nitrogens with zero attached hydrogens (tertiary/aromatic N) is 4. The van der Waals surface area contributed by atoms with Crippen LogP contribution in [0.3, 0.4) is 0 Å². The van der Waals surface area contributed by atoms with Crippen LogP contribution in [0.1, 0.15) is 10.7 Å². The number of amides is 3. The average molecular weight is 606 g/mol. The number of carboxylic acids is 1. The Hall–Kier alpha value is -2.01. The number of halogens is 1. The fourth-order valence-electron chi connectivity index (χ4n) is 3.40. The zero-order valence-corrected chi connectivity index (χ0v) is 22.2. The van der Waals surface area contributed by atoms with Crippen molar-refractivity contribution in [3.8, 4) is 0 Å². The fraction of sp³-hybridized carbons (Fsp3) is 0.389. The molecular weight excluding hydrogens is 588 g/mol. The number of aromatic nitrogens is 3. The molecule has 2 aromatic rings. The van der Waals surface area contributed by atoms with E-state index in [2.05, 4.69) is 41.7 Å². The first kappa shape index (κ1) is 25.1. The summed E-state index contributed by atoms with van der Waals surface area (Å²) >= 11 is 8.37. The Morgan fingerprint density at radius 2 is 2.24 bits per heavy atom. The minimum Gasteiger partial charge on any atom is -0.481 e. The second kappa shape index (κ2) is 10.3. The van der Waals surface area contributed by atoms with E-state index in [-0.39, 0.29) is 29.2 Å². The van der Waals surface area contributed by atoms with E-state index in [1.165, 1.54) is 44.7 Å². The monoisotopic (exact) mass is 604 g/mol. The minimum absolute atomic E-state index is 0.0595. The Balaban J connectivity index is 1.40. The summed E-state index contributed by atoms with van der Waals surface area (Å²) in [7, 11) is 0. The molecule has 2 unspecified atom stereocenters. The van der Waals surface area contributed by atoms with Gasteiger partial charge in [0.15, 0.2) is 9.47 Å². The topological polar surface area (TPSA) is 154 Å². The Bertz CT molecular complexity index is 1170. The lowest BCUT2D eigenvalue weighted by atomic mass is 9.89. The van der Waals surface area contributed by atoms with Crippen LogP contribution in [0.5, 0.6) is 0 Å². The van der Waals surface area contributed by atoms with Crippen LogP contribution in [0.4, 0.5) is 5.13 Å². The van der Waals surface area contributed by atoms with Gasteiger partial charge in [-0.3, -0.25) is 19.2 Å². The third-order valence-corrected chi connectivity index (χ3v) is 10.3. The number of hydrogen-bond donors (Lipinski definition) is 3. The number of thiazole rings is 1. The Morgan fingerprint density at radius 3 is 2.88 bits per heavy atom. The van der Waals surface area contributed by atoms with Crippen molar-refractivity contribution in [2.45, 2.75) is 22.7 Å². The van der Waals surface area contributed by atoms with E-state index < -0.39 is 23.3 Å². The molecule has 2 aliphatic rings. The molecule has 16 heteroatoms. The summed E-state index contributed by atoms with van der Waals surface area (Å²) in [6.45, 7) is 1.89. The lowest BCUT2D eigenvalue weighted by Gasteiger charge is -2.53. The molecule has 0 saturated carbocycles. The quantitative estimate of drug-likeness (QED) is 0.167. The highest BCUT2D eigenvalue weighted by atomic mass is 79.9. The van der Waals surface area contributed by atoms with Gasteiger partial charge in [0.1, 0.15) is 21.8 Å². The van der Waals surface area contributed by atoms with Gasteiger partial charge < -0.3 is 20.6 Å². The van der Waals surface area contributed by atoms with Gasteiger partial charge in [-0.1, -0.05) is 39.0 Å². The number of thioether (sulfide) groups is 2. The van der Waals surface area contributed by atoms with Crippen LogP contribution in [-0.4, -0.2) is 78.8 Å². The number of carbonyl (C=O) groups excluding carboxylic acids is 3. The van der Waals surface area contributed by atoms with E-state index >= 15 is 0 Å². The van der Waals surface area contributed by atoms with E-state index in [4.69, 9.17) is 0 Å². The fourth-order valence-corrected chi connectivity index (χ4v) is 8.19. The van der Waals surface area contributed by atoms with Gasteiger partial charge in [0.05, 0.1) is 11.3 Å². The van der Waals surface area contributed by atoms with Crippen LogP contribution in [0, 0.1) is 12.3 Å². The molecule has 0 aliphatic carbocycles. The van der Waals surface area contributed by atoms with Gasteiger partial charge in [-0.05, 0) is 11.9 Å². The van der Waals surface area contributed by atoms with E-state index in [1.807, 2.05) is 6.92 Å². The lowest BCUT2D eigenvalue weighted by molar-refractivity contribution is -0.157. The van der Waals surface area contributed by atoms with Gasteiger partial charge in [0, 0.05) is 23.4 Å². The van der Waals surface area contributed by atoms with Crippen LogP contribution in [-0.2, 0) is 19.2 Å². The SMILES string of the molecule is Cc1nnc(SCC2(C(=O)O)CS[C@@H]3C(NC(=O)C(=CBr)c4csc(NC=O)n4)C(=O)N3C2)s1. The second-order valence-corrected chi connectivity index (χ2v) is 12.2. The number of rotatable bonds is 9. The summed E-state index contributed by atoms with van der Waals surface area (Å²) in [4.78, 5) is 55.5. The van der Waals surface area contributed by atoms with Gasteiger partial charge in [-0.25, -0.2) is 4.98 Å². The molecule has 0 bridgehead atoms. The molecule has 2 saturated heterocycles. The summed E-state index contributed by atoms with van der Waals surface area (Å²) in [5.74, 6) is -1.25. The highest BCUT2D eigenvalue weighted by molar-refractivity contribution is 9.11. The Labute approximate surface area is 218 Å². The van der Waals surface area contributed by atoms with Crippen LogP contribution < -0.4 is 10.6 Å². The molecule has 4 rings (SSSR count). The largest absolute Gasteiger partial charge is 0.481 e. The molecule has 11 nitrogen and oxygen atoms in total. The van der Waals surface area contributed by atoms with Crippen LogP contribution >= 0.6 is 62.1 Å². The van der Waals surface area contributed by atoms with Gasteiger partial charge >= 0.3 is 5.97 Å². The number of fused-ring (bicyclic) bond motifs is 1. The van der Waals surface area contributed by atoms with Crippen LogP contribution in [0.2, 0.25) is 0 Å². The van der Waals surface area contributed by atoms with E-state index in [9.17, 15) is 24.3 Å². The number of carbonyl (C=O) groups is 4. The number of β-lactam (4-membered cyclic amide) rings is 1. The molecule has 0 aromatic carbocycles. The predicted molar refractivity (Wildman–Crippen MR) is 134 cm³/mol. The summed E-state index contributed by atoms with van der Waals surface area (Å²) in [5.41, 5.74) is -0.581. The lowest BCUT2D eigenvalue weighted by Crippen LogP contribution is -2.74. The van der Waals surface area contributed by atoms with E-state index in [0.29, 0.717) is 27.3 Å². The first-order valence-electron chi connectivity index (χ1n) is 9.63. The molecule has 2 fully saturated rings. The third-order valence-electron chi connectivity index (χ3n) is 5.18. The van der Waals surface area contributed by atoms with Crippen molar-refractivity contribution < 1.29 is 24.3 Å². The van der Waals surface area contributed by atoms with Gasteiger partial charge in [0.2, 0.25) is 12.3 Å². The first-order valence-corrected chi connectivity index (χ1v) is 14.3. The number of nitrogens with one attached hydrogen (secondary N) is 2. The van der Waals surface area contributed by atoms with Gasteiger partial charge in [0.25, 0.3) is 5.91 Å². The van der Waals surface area contributed by atoms with Crippen LogP contribution in [0.15, 0.2) is 14.7 Å². The van der Waals surface area contributed by atoms with E-state index in [0.717, 1.165) is 16.3 Å². The number of hydrogen-bond acceptors (Lipinski definition) is 11. The summed E-state index contributed by atoms with van der Waals surface area (Å²) in [6.07, 6.45) is 0.493. The van der Waals surface area contributed by atoms with Crippen molar-refractivity contribution in [2.75, 3.05) is 23.4 Å². The second-order valence-electron chi connectivity index (χ2n) is 7.40. The molecule has 2 aliphatic heterocycles. The normalized spacial score (nSPS) is 24.2. The molecule has 4 heterocycles. The van der Waals surface area contributed by atoms with Crippen molar-refractivity contribution in [1.29, 1.82) is 0 Å². The van der Waals surface area contributed by atoms with Crippen LogP contribution in [0.25, 0.3) is 5.57 Å². The van der Waals surface area contributed by atoms with Crippen molar-refractivity contribution in [3.63, 3.8) is 0 Å². The molecule has 0 spiro atoms. The average Bonchev–Trinajstić information content (AvgIpc) is 3.45. The maximum absolute atomic E-state index is 12.8. The highest BCUT2D eigenvalue weighted by Crippen LogP contribution is 2.44. The summed E-state index contributed by atoms with van der Waals surface area (Å²) in [6, 6.07) is -0.767. The Kier molecular flexibility index (Phi) is 7.61. The molecular formula is C18H17BrN6O5S4. The van der Waals surface area contributed by atoms with E-state index in [1.54, 1.807) is 5.38 Å². The van der Waals surface area contributed by atoms with Crippen molar-refractivity contribution >= 4 is 97.0 Å². The molecule has 180 valence electrons. The number of anilines is 1. The summed E-state index contributed by atoms with van der Waals surface area (Å²) < 4.78 is 0.688. The summed E-state index contributed by atoms with van der Waals surface area (Å²) in [5, 5.41) is 25.5. The number of aliphatic carboxylic acids is 1. The molecule has 3 amide bonds. The molecule has 3 N–H and O–H groups in total. The maximum Gasteiger partial charge on any atom is 0.313 e. The van der Waals surface area contributed by atoms with Gasteiger partial charge in [-0.2, -0.15) is 0 Å². The van der Waals surface area contributed by atoms with Crippen molar-refractivity contribution in [3.05, 3.63) is 21.1 Å². The highest BCUT2D eigenvalue weighted by Gasteiger charge is 2.57. The minimum atomic E-state index is -1.13. The number of aryl methyl sites for hydroxylation is 1. The predicted octanol–water partition coefficient (Wildman–Crippen LogP) is 1.87. The standard InChI is InChI=1S/C18H17BrN6O5S4/c1-8-23-24-17(34-8)33-6-18(15(29)30)4-25-13(28)11(14(25)32-5-18)22-12(27)9(2-19)10-3-31-16(21-10)20-7-26/h2-3,7,11,14H,4-6H2,1H3,(H,22,27)(H,29,30)(H,20,21,26)/t11?,14-,18?/m1/s1. The molecule has 2 aromatic heterocycles.